The van der Waals surface area contributed by atoms with E-state index in [1.54, 1.807) is 5.38 Å². The van der Waals surface area contributed by atoms with E-state index < -0.39 is 9.84 Å². The number of carbonyl (C=O) groups excluding carboxylic acids is 1. The molecule has 1 amide bonds. The van der Waals surface area contributed by atoms with E-state index in [9.17, 15) is 13.2 Å². The highest BCUT2D eigenvalue weighted by molar-refractivity contribution is 7.91. The monoisotopic (exact) mass is 343 g/mol. The maximum Gasteiger partial charge on any atom is 0.270 e. The van der Waals surface area contributed by atoms with Gasteiger partial charge in [0.05, 0.1) is 16.5 Å². The summed E-state index contributed by atoms with van der Waals surface area (Å²) in [5.41, 5.74) is 0.492. The van der Waals surface area contributed by atoms with Gasteiger partial charge in [0, 0.05) is 30.6 Å². The number of aromatic nitrogens is 1. The quantitative estimate of drug-likeness (QED) is 0.879. The second-order valence-corrected chi connectivity index (χ2v) is 9.38. The minimum absolute atomic E-state index is 0.105. The molecule has 1 atom stereocenters. The van der Waals surface area contributed by atoms with Gasteiger partial charge in [0.1, 0.15) is 5.69 Å². The zero-order valence-corrected chi connectivity index (χ0v) is 14.3. The molecule has 0 spiro atoms. The number of carbonyl (C=O) groups is 1. The van der Waals surface area contributed by atoms with Crippen LogP contribution in [0.2, 0.25) is 0 Å². The van der Waals surface area contributed by atoms with Gasteiger partial charge in [0.25, 0.3) is 5.91 Å². The molecule has 1 aromatic heterocycles. The van der Waals surface area contributed by atoms with Gasteiger partial charge in [-0.2, -0.15) is 0 Å². The van der Waals surface area contributed by atoms with Crippen LogP contribution in [-0.2, 0) is 9.84 Å². The van der Waals surface area contributed by atoms with Crippen molar-refractivity contribution in [3.63, 3.8) is 0 Å². The zero-order chi connectivity index (χ0) is 15.7. The Kier molecular flexibility index (Phi) is 4.52. The van der Waals surface area contributed by atoms with Crippen LogP contribution in [0, 0.1) is 6.92 Å². The summed E-state index contributed by atoms with van der Waals surface area (Å²) in [4.78, 5) is 18.6. The number of hydrogen-bond donors (Lipinski definition) is 1. The highest BCUT2D eigenvalue weighted by Crippen LogP contribution is 2.22. The first kappa shape index (κ1) is 15.9. The van der Waals surface area contributed by atoms with Gasteiger partial charge in [0.15, 0.2) is 9.84 Å². The summed E-state index contributed by atoms with van der Waals surface area (Å²) >= 11 is 1.47. The number of nitrogens with zero attached hydrogens (tertiary/aromatic N) is 2. The highest BCUT2D eigenvalue weighted by Gasteiger charge is 2.34. The van der Waals surface area contributed by atoms with E-state index in [4.69, 9.17) is 0 Å². The lowest BCUT2D eigenvalue weighted by Crippen LogP contribution is -2.48. The molecule has 1 N–H and O–H groups in total. The van der Waals surface area contributed by atoms with Gasteiger partial charge >= 0.3 is 0 Å². The second-order valence-electron chi connectivity index (χ2n) is 6.09. The van der Waals surface area contributed by atoms with Gasteiger partial charge in [-0.15, -0.1) is 11.3 Å². The molecule has 122 valence electrons. The van der Waals surface area contributed by atoms with Crippen molar-refractivity contribution in [3.05, 3.63) is 16.1 Å². The van der Waals surface area contributed by atoms with Crippen molar-refractivity contribution in [2.45, 2.75) is 38.3 Å². The standard InChI is InChI=1S/C14H21N3O3S2/c1-10-15-13(8-21-10)14(18)16-11-2-5-17(6-3-11)12-4-7-22(19,20)9-12/h8,11-12H,2-7,9H2,1H3,(H,16,18). The van der Waals surface area contributed by atoms with Gasteiger partial charge in [-0.05, 0) is 26.2 Å². The second kappa shape index (κ2) is 6.25. The number of likely N-dealkylation sites (tertiary alicyclic amines) is 1. The summed E-state index contributed by atoms with van der Waals surface area (Å²) in [6.07, 6.45) is 2.48. The molecule has 8 heteroatoms. The van der Waals surface area contributed by atoms with Crippen molar-refractivity contribution in [1.29, 1.82) is 0 Å². The zero-order valence-electron chi connectivity index (χ0n) is 12.6. The van der Waals surface area contributed by atoms with Crippen LogP contribution in [0.25, 0.3) is 0 Å². The normalized spacial score (nSPS) is 26.1. The van der Waals surface area contributed by atoms with Crippen molar-refractivity contribution in [3.8, 4) is 0 Å². The van der Waals surface area contributed by atoms with Crippen molar-refractivity contribution in [1.82, 2.24) is 15.2 Å². The van der Waals surface area contributed by atoms with E-state index in [-0.39, 0.29) is 18.0 Å². The lowest BCUT2D eigenvalue weighted by atomic mass is 10.0. The van der Waals surface area contributed by atoms with Crippen LogP contribution in [0.5, 0.6) is 0 Å². The largest absolute Gasteiger partial charge is 0.348 e. The molecule has 0 aromatic carbocycles. The third-order valence-corrected chi connectivity index (χ3v) is 6.97. The molecule has 6 nitrogen and oxygen atoms in total. The van der Waals surface area contributed by atoms with Crippen LogP contribution in [0.1, 0.15) is 34.8 Å². The highest BCUT2D eigenvalue weighted by atomic mass is 32.2. The minimum Gasteiger partial charge on any atom is -0.348 e. The Balaban J connectivity index is 1.49. The first-order valence-electron chi connectivity index (χ1n) is 7.60. The van der Waals surface area contributed by atoms with E-state index in [0.29, 0.717) is 17.2 Å². The molecule has 2 fully saturated rings. The minimum atomic E-state index is -2.83. The average molecular weight is 343 g/mol. The molecule has 2 aliphatic heterocycles. The van der Waals surface area contributed by atoms with Crippen LogP contribution < -0.4 is 5.32 Å². The molecule has 22 heavy (non-hydrogen) atoms. The molecule has 1 aromatic rings. The Morgan fingerprint density at radius 2 is 2.09 bits per heavy atom. The molecule has 3 heterocycles. The Hall–Kier alpha value is -0.990. The van der Waals surface area contributed by atoms with Crippen LogP contribution >= 0.6 is 11.3 Å². The fraction of sp³-hybridized carbons (Fsp3) is 0.714. The van der Waals surface area contributed by atoms with Gasteiger partial charge in [0.2, 0.25) is 0 Å². The summed E-state index contributed by atoms with van der Waals surface area (Å²) in [5.74, 6) is 0.505. The summed E-state index contributed by atoms with van der Waals surface area (Å²) in [6.45, 7) is 3.58. The van der Waals surface area contributed by atoms with Crippen LogP contribution in [0.4, 0.5) is 0 Å². The molecular weight excluding hydrogens is 322 g/mol. The number of amides is 1. The third kappa shape index (κ3) is 3.67. The maximum absolute atomic E-state index is 12.1. The van der Waals surface area contributed by atoms with Crippen molar-refractivity contribution < 1.29 is 13.2 Å². The first-order valence-corrected chi connectivity index (χ1v) is 10.3. The molecule has 2 aliphatic rings. The molecule has 0 bridgehead atoms. The fourth-order valence-corrected chi connectivity index (χ4v) is 5.55. The van der Waals surface area contributed by atoms with Gasteiger partial charge < -0.3 is 5.32 Å². The number of aryl methyl sites for hydroxylation is 1. The van der Waals surface area contributed by atoms with E-state index in [1.165, 1.54) is 11.3 Å². The third-order valence-electron chi connectivity index (χ3n) is 4.44. The van der Waals surface area contributed by atoms with Gasteiger partial charge in [-0.3, -0.25) is 9.69 Å². The Labute approximate surface area is 134 Å². The molecule has 1 unspecified atom stereocenters. The molecule has 0 radical (unpaired) electrons. The fourth-order valence-electron chi connectivity index (χ4n) is 3.20. The van der Waals surface area contributed by atoms with E-state index in [2.05, 4.69) is 15.2 Å². The Bertz CT molecular complexity index is 648. The van der Waals surface area contributed by atoms with Gasteiger partial charge in [-0.1, -0.05) is 0 Å². The Morgan fingerprint density at radius 3 is 2.64 bits per heavy atom. The molecule has 2 saturated heterocycles. The van der Waals surface area contributed by atoms with Crippen LogP contribution in [0.3, 0.4) is 0 Å². The summed E-state index contributed by atoms with van der Waals surface area (Å²) in [5, 5.41) is 5.71. The topological polar surface area (TPSA) is 79.4 Å². The number of nitrogens with one attached hydrogen (secondary N) is 1. The van der Waals surface area contributed by atoms with E-state index >= 15 is 0 Å². The maximum atomic E-state index is 12.1. The predicted molar refractivity (Wildman–Crippen MR) is 86.0 cm³/mol. The SMILES string of the molecule is Cc1nc(C(=O)NC2CCN(C3CCS(=O)(=O)C3)CC2)cs1. The van der Waals surface area contributed by atoms with E-state index in [0.717, 1.165) is 37.4 Å². The summed E-state index contributed by atoms with van der Waals surface area (Å²) in [7, 11) is -2.83. The number of piperidine rings is 1. The van der Waals surface area contributed by atoms with E-state index in [1.807, 2.05) is 6.92 Å². The van der Waals surface area contributed by atoms with Crippen molar-refractivity contribution in [2.24, 2.45) is 0 Å². The smallest absolute Gasteiger partial charge is 0.270 e. The van der Waals surface area contributed by atoms with Crippen LogP contribution in [-0.4, -0.2) is 60.9 Å². The van der Waals surface area contributed by atoms with Gasteiger partial charge in [-0.25, -0.2) is 13.4 Å². The average Bonchev–Trinajstić information content (AvgIpc) is 3.05. The lowest BCUT2D eigenvalue weighted by molar-refractivity contribution is 0.0893. The summed E-state index contributed by atoms with van der Waals surface area (Å²) in [6, 6.07) is 0.326. The van der Waals surface area contributed by atoms with Crippen molar-refractivity contribution in [2.75, 3.05) is 24.6 Å². The number of rotatable bonds is 3. The molecule has 0 aliphatic carbocycles. The first-order chi connectivity index (χ1) is 10.4. The lowest BCUT2D eigenvalue weighted by Gasteiger charge is -2.35. The predicted octanol–water partition coefficient (Wildman–Crippen LogP) is 0.833. The Morgan fingerprint density at radius 1 is 1.36 bits per heavy atom. The van der Waals surface area contributed by atoms with Crippen molar-refractivity contribution >= 4 is 27.1 Å². The molecular formula is C14H21N3O3S2. The molecule has 0 saturated carbocycles. The number of sulfone groups is 1. The molecule has 3 rings (SSSR count). The summed E-state index contributed by atoms with van der Waals surface area (Å²) < 4.78 is 23.1. The number of thiazole rings is 1. The van der Waals surface area contributed by atoms with Crippen LogP contribution in [0.15, 0.2) is 5.38 Å². The number of hydrogen-bond acceptors (Lipinski definition) is 6.